The van der Waals surface area contributed by atoms with Gasteiger partial charge in [0.05, 0.1) is 5.56 Å². The Bertz CT molecular complexity index is 404. The predicted octanol–water partition coefficient (Wildman–Crippen LogP) is 1.99. The fourth-order valence-electron chi connectivity index (χ4n) is 1.91. The zero-order valence-electron chi connectivity index (χ0n) is 10.7. The van der Waals surface area contributed by atoms with Gasteiger partial charge in [-0.15, -0.1) is 0 Å². The molecule has 1 amide bonds. The zero-order chi connectivity index (χ0) is 13.0. The van der Waals surface area contributed by atoms with Gasteiger partial charge in [-0.2, -0.15) is 0 Å². The Balaban J connectivity index is 3.08. The largest absolute Gasteiger partial charge is 0.399 e. The van der Waals surface area contributed by atoms with Crippen molar-refractivity contribution in [3.8, 4) is 0 Å². The molecule has 4 N–H and O–H groups in total. The van der Waals surface area contributed by atoms with Crippen LogP contribution in [-0.2, 0) is 0 Å². The van der Waals surface area contributed by atoms with Crippen LogP contribution in [0, 0.1) is 0 Å². The molecule has 4 nitrogen and oxygen atoms in total. The Labute approximate surface area is 103 Å². The highest BCUT2D eigenvalue weighted by molar-refractivity contribution is 5.99. The molecule has 1 aromatic carbocycles. The Morgan fingerprint density at radius 3 is 2.65 bits per heavy atom. The highest BCUT2D eigenvalue weighted by Crippen LogP contribution is 2.24. The van der Waals surface area contributed by atoms with Crippen molar-refractivity contribution in [2.24, 2.45) is 5.73 Å². The predicted molar refractivity (Wildman–Crippen MR) is 72.1 cm³/mol. The standard InChI is InChI=1S/C13H21N3O/c1-4-5-9(2)16(3)12-7-6-10(14)8-11(12)13(15)17/h6-9H,4-5,14H2,1-3H3,(H2,15,17). The Hall–Kier alpha value is -1.71. The molecule has 0 fully saturated rings. The second-order valence-electron chi connectivity index (χ2n) is 4.39. The molecule has 0 aliphatic rings. The third-order valence-electron chi connectivity index (χ3n) is 3.03. The van der Waals surface area contributed by atoms with Gasteiger partial charge in [0.2, 0.25) is 0 Å². The van der Waals surface area contributed by atoms with Crippen LogP contribution in [-0.4, -0.2) is 19.0 Å². The first-order valence-electron chi connectivity index (χ1n) is 5.89. The SMILES string of the molecule is CCCC(C)N(C)c1ccc(N)cc1C(N)=O. The number of nitrogens with zero attached hydrogens (tertiary/aromatic N) is 1. The molecule has 1 aromatic rings. The van der Waals surface area contributed by atoms with E-state index in [1.165, 1.54) is 0 Å². The second kappa shape index (κ2) is 5.57. The van der Waals surface area contributed by atoms with Gasteiger partial charge in [0.15, 0.2) is 0 Å². The molecule has 1 rings (SSSR count). The molecule has 4 heteroatoms. The third-order valence-corrected chi connectivity index (χ3v) is 3.03. The van der Waals surface area contributed by atoms with Crippen LogP contribution in [0.3, 0.4) is 0 Å². The molecule has 17 heavy (non-hydrogen) atoms. The van der Waals surface area contributed by atoms with Crippen molar-refractivity contribution in [2.45, 2.75) is 32.7 Å². The molecule has 0 aliphatic carbocycles. The van der Waals surface area contributed by atoms with Crippen molar-refractivity contribution >= 4 is 17.3 Å². The number of nitrogen functional groups attached to an aromatic ring is 1. The van der Waals surface area contributed by atoms with E-state index in [9.17, 15) is 4.79 Å². The Morgan fingerprint density at radius 1 is 1.47 bits per heavy atom. The summed E-state index contributed by atoms with van der Waals surface area (Å²) in [7, 11) is 1.97. The van der Waals surface area contributed by atoms with E-state index in [2.05, 4.69) is 18.7 Å². The molecule has 0 spiro atoms. The van der Waals surface area contributed by atoms with Crippen LogP contribution in [0.1, 0.15) is 37.0 Å². The van der Waals surface area contributed by atoms with Crippen molar-refractivity contribution in [3.05, 3.63) is 23.8 Å². The average Bonchev–Trinajstić information content (AvgIpc) is 2.28. The lowest BCUT2D eigenvalue weighted by atomic mass is 10.1. The van der Waals surface area contributed by atoms with E-state index in [1.54, 1.807) is 12.1 Å². The van der Waals surface area contributed by atoms with E-state index in [0.29, 0.717) is 17.3 Å². The lowest BCUT2D eigenvalue weighted by Gasteiger charge is -2.28. The maximum atomic E-state index is 11.4. The topological polar surface area (TPSA) is 72.3 Å². The first-order chi connectivity index (χ1) is 7.97. The number of hydrogen-bond acceptors (Lipinski definition) is 3. The summed E-state index contributed by atoms with van der Waals surface area (Å²) in [6.45, 7) is 4.27. The molecule has 0 aliphatic heterocycles. The van der Waals surface area contributed by atoms with Crippen molar-refractivity contribution in [3.63, 3.8) is 0 Å². The van der Waals surface area contributed by atoms with Crippen LogP contribution in [0.15, 0.2) is 18.2 Å². The van der Waals surface area contributed by atoms with Gasteiger partial charge in [-0.3, -0.25) is 4.79 Å². The van der Waals surface area contributed by atoms with E-state index in [0.717, 1.165) is 18.5 Å². The minimum Gasteiger partial charge on any atom is -0.399 e. The molecule has 1 unspecified atom stereocenters. The molecule has 1 atom stereocenters. The highest BCUT2D eigenvalue weighted by Gasteiger charge is 2.16. The van der Waals surface area contributed by atoms with E-state index in [1.807, 2.05) is 13.1 Å². The lowest BCUT2D eigenvalue weighted by molar-refractivity contribution is 0.100. The second-order valence-corrected chi connectivity index (χ2v) is 4.39. The number of amides is 1. The molecule has 0 saturated heterocycles. The number of hydrogen-bond donors (Lipinski definition) is 2. The van der Waals surface area contributed by atoms with Crippen molar-refractivity contribution in [1.82, 2.24) is 0 Å². The molecular formula is C13H21N3O. The summed E-state index contributed by atoms with van der Waals surface area (Å²) in [4.78, 5) is 13.5. The fraction of sp³-hybridized carbons (Fsp3) is 0.462. The van der Waals surface area contributed by atoms with Gasteiger partial charge in [-0.1, -0.05) is 13.3 Å². The van der Waals surface area contributed by atoms with Gasteiger partial charge in [0.25, 0.3) is 5.91 Å². The Kier molecular flexibility index (Phi) is 4.37. The van der Waals surface area contributed by atoms with Gasteiger partial charge in [0.1, 0.15) is 0 Å². The lowest BCUT2D eigenvalue weighted by Crippen LogP contribution is -2.30. The number of carbonyl (C=O) groups is 1. The van der Waals surface area contributed by atoms with E-state index < -0.39 is 5.91 Å². The number of rotatable bonds is 5. The number of benzene rings is 1. The van der Waals surface area contributed by atoms with Gasteiger partial charge >= 0.3 is 0 Å². The van der Waals surface area contributed by atoms with Gasteiger partial charge in [-0.05, 0) is 31.5 Å². The van der Waals surface area contributed by atoms with Crippen LogP contribution in [0.5, 0.6) is 0 Å². The first-order valence-corrected chi connectivity index (χ1v) is 5.89. The third kappa shape index (κ3) is 3.12. The number of carbonyl (C=O) groups excluding carboxylic acids is 1. The molecule has 0 bridgehead atoms. The zero-order valence-corrected chi connectivity index (χ0v) is 10.7. The van der Waals surface area contributed by atoms with Crippen LogP contribution in [0.2, 0.25) is 0 Å². The van der Waals surface area contributed by atoms with Crippen LogP contribution < -0.4 is 16.4 Å². The number of anilines is 2. The van der Waals surface area contributed by atoms with Gasteiger partial charge in [-0.25, -0.2) is 0 Å². The van der Waals surface area contributed by atoms with E-state index in [4.69, 9.17) is 11.5 Å². The summed E-state index contributed by atoms with van der Waals surface area (Å²) in [5, 5.41) is 0. The van der Waals surface area contributed by atoms with Crippen LogP contribution >= 0.6 is 0 Å². The van der Waals surface area contributed by atoms with Gasteiger partial charge in [0, 0.05) is 24.5 Å². The van der Waals surface area contributed by atoms with Crippen molar-refractivity contribution in [2.75, 3.05) is 17.7 Å². The average molecular weight is 235 g/mol. The summed E-state index contributed by atoms with van der Waals surface area (Å²) >= 11 is 0. The molecule has 0 heterocycles. The molecule has 94 valence electrons. The molecular weight excluding hydrogens is 214 g/mol. The Morgan fingerprint density at radius 2 is 2.12 bits per heavy atom. The molecule has 0 radical (unpaired) electrons. The van der Waals surface area contributed by atoms with Gasteiger partial charge < -0.3 is 16.4 Å². The first kappa shape index (κ1) is 13.4. The summed E-state index contributed by atoms with van der Waals surface area (Å²) in [5.74, 6) is -0.442. The van der Waals surface area contributed by atoms with Crippen LogP contribution in [0.4, 0.5) is 11.4 Å². The highest BCUT2D eigenvalue weighted by atomic mass is 16.1. The minimum absolute atomic E-state index is 0.363. The van der Waals surface area contributed by atoms with E-state index >= 15 is 0 Å². The molecule has 0 aromatic heterocycles. The maximum Gasteiger partial charge on any atom is 0.250 e. The monoisotopic (exact) mass is 235 g/mol. The van der Waals surface area contributed by atoms with E-state index in [-0.39, 0.29) is 0 Å². The quantitative estimate of drug-likeness (QED) is 0.767. The molecule has 0 saturated carbocycles. The maximum absolute atomic E-state index is 11.4. The summed E-state index contributed by atoms with van der Waals surface area (Å²) in [5.41, 5.74) is 12.9. The van der Waals surface area contributed by atoms with Crippen molar-refractivity contribution < 1.29 is 4.79 Å². The summed E-state index contributed by atoms with van der Waals surface area (Å²) in [6, 6.07) is 5.63. The summed E-state index contributed by atoms with van der Waals surface area (Å²) in [6.07, 6.45) is 2.17. The number of primary amides is 1. The van der Waals surface area contributed by atoms with Crippen molar-refractivity contribution in [1.29, 1.82) is 0 Å². The smallest absolute Gasteiger partial charge is 0.250 e. The minimum atomic E-state index is -0.442. The summed E-state index contributed by atoms with van der Waals surface area (Å²) < 4.78 is 0. The normalized spacial score (nSPS) is 12.2. The fourth-order valence-corrected chi connectivity index (χ4v) is 1.91. The number of nitrogens with two attached hydrogens (primary N) is 2. The van der Waals surface area contributed by atoms with Crippen LogP contribution in [0.25, 0.3) is 0 Å².